The number of benzene rings is 2. The average molecular weight is 368 g/mol. The third-order valence-corrected chi connectivity index (χ3v) is 4.72. The minimum absolute atomic E-state index is 0.0636. The SMILES string of the molecule is Cc1cccc(C)c1N1CC(C(=O)Nc2cc(Cl)cc(C#N)c2)CC1=O. The molecule has 1 aliphatic heterocycles. The number of halogens is 1. The molecular weight excluding hydrogens is 350 g/mol. The summed E-state index contributed by atoms with van der Waals surface area (Å²) in [6, 6.07) is 12.5. The number of para-hydroxylation sites is 1. The zero-order chi connectivity index (χ0) is 18.8. The molecule has 26 heavy (non-hydrogen) atoms. The smallest absolute Gasteiger partial charge is 0.229 e. The van der Waals surface area contributed by atoms with E-state index in [1.54, 1.807) is 17.0 Å². The van der Waals surface area contributed by atoms with E-state index in [-0.39, 0.29) is 18.2 Å². The van der Waals surface area contributed by atoms with Gasteiger partial charge in [-0.2, -0.15) is 5.26 Å². The summed E-state index contributed by atoms with van der Waals surface area (Å²) in [5.41, 5.74) is 3.72. The normalized spacial score (nSPS) is 16.5. The van der Waals surface area contributed by atoms with Crippen molar-refractivity contribution in [1.29, 1.82) is 5.26 Å². The average Bonchev–Trinajstić information content (AvgIpc) is 2.96. The highest BCUT2D eigenvalue weighted by molar-refractivity contribution is 6.31. The lowest BCUT2D eigenvalue weighted by molar-refractivity contribution is -0.122. The topological polar surface area (TPSA) is 73.2 Å². The molecule has 1 heterocycles. The van der Waals surface area contributed by atoms with Gasteiger partial charge in [0.1, 0.15) is 0 Å². The second-order valence-electron chi connectivity index (χ2n) is 6.48. The number of hydrogen-bond donors (Lipinski definition) is 1. The predicted molar refractivity (Wildman–Crippen MR) is 101 cm³/mol. The van der Waals surface area contributed by atoms with Crippen molar-refractivity contribution < 1.29 is 9.59 Å². The van der Waals surface area contributed by atoms with Gasteiger partial charge in [-0.25, -0.2) is 0 Å². The number of rotatable bonds is 3. The van der Waals surface area contributed by atoms with E-state index in [4.69, 9.17) is 16.9 Å². The lowest BCUT2D eigenvalue weighted by atomic mass is 10.1. The monoisotopic (exact) mass is 367 g/mol. The summed E-state index contributed by atoms with van der Waals surface area (Å²) in [4.78, 5) is 26.8. The van der Waals surface area contributed by atoms with E-state index >= 15 is 0 Å². The van der Waals surface area contributed by atoms with Gasteiger partial charge in [0.2, 0.25) is 11.8 Å². The van der Waals surface area contributed by atoms with E-state index in [0.717, 1.165) is 16.8 Å². The maximum atomic E-state index is 12.6. The Labute approximate surface area is 157 Å². The summed E-state index contributed by atoms with van der Waals surface area (Å²) < 4.78 is 0. The molecule has 5 nitrogen and oxygen atoms in total. The molecule has 1 fully saturated rings. The number of aryl methyl sites for hydroxylation is 2. The third-order valence-electron chi connectivity index (χ3n) is 4.50. The fourth-order valence-corrected chi connectivity index (χ4v) is 3.54. The Morgan fingerprint density at radius 2 is 1.96 bits per heavy atom. The fraction of sp³-hybridized carbons (Fsp3) is 0.250. The second-order valence-corrected chi connectivity index (χ2v) is 6.91. The van der Waals surface area contributed by atoms with Crippen LogP contribution < -0.4 is 10.2 Å². The van der Waals surface area contributed by atoms with Gasteiger partial charge in [0.15, 0.2) is 0 Å². The Morgan fingerprint density at radius 3 is 2.62 bits per heavy atom. The van der Waals surface area contributed by atoms with E-state index in [9.17, 15) is 9.59 Å². The van der Waals surface area contributed by atoms with Crippen LogP contribution in [0.2, 0.25) is 5.02 Å². The van der Waals surface area contributed by atoms with E-state index in [1.807, 2.05) is 38.1 Å². The first-order chi connectivity index (χ1) is 12.4. The first-order valence-corrected chi connectivity index (χ1v) is 8.65. The lowest BCUT2D eigenvalue weighted by Gasteiger charge is -2.21. The summed E-state index contributed by atoms with van der Waals surface area (Å²) >= 11 is 5.97. The van der Waals surface area contributed by atoms with Crippen molar-refractivity contribution in [2.24, 2.45) is 5.92 Å². The molecule has 0 bridgehead atoms. The Balaban J connectivity index is 1.78. The van der Waals surface area contributed by atoms with Gasteiger partial charge in [-0.05, 0) is 43.2 Å². The molecule has 1 unspecified atom stereocenters. The molecule has 3 rings (SSSR count). The third kappa shape index (κ3) is 3.56. The molecule has 2 amide bonds. The molecule has 0 saturated carbocycles. The van der Waals surface area contributed by atoms with E-state index in [2.05, 4.69) is 5.32 Å². The maximum Gasteiger partial charge on any atom is 0.229 e. The number of nitrogens with zero attached hydrogens (tertiary/aromatic N) is 2. The highest BCUT2D eigenvalue weighted by Crippen LogP contribution is 2.31. The largest absolute Gasteiger partial charge is 0.326 e. The number of hydrogen-bond acceptors (Lipinski definition) is 3. The van der Waals surface area contributed by atoms with Crippen LogP contribution >= 0.6 is 11.6 Å². The maximum absolute atomic E-state index is 12.6. The van der Waals surface area contributed by atoms with Crippen molar-refractivity contribution in [1.82, 2.24) is 0 Å². The molecule has 0 spiro atoms. The van der Waals surface area contributed by atoms with Crippen molar-refractivity contribution in [3.05, 3.63) is 58.1 Å². The molecule has 132 valence electrons. The van der Waals surface area contributed by atoms with E-state index in [0.29, 0.717) is 22.8 Å². The van der Waals surface area contributed by atoms with Crippen molar-refractivity contribution in [3.63, 3.8) is 0 Å². The molecular formula is C20H18ClN3O2. The predicted octanol–water partition coefficient (Wildman–Crippen LogP) is 3.82. The van der Waals surface area contributed by atoms with Crippen LogP contribution in [0.25, 0.3) is 0 Å². The van der Waals surface area contributed by atoms with Gasteiger partial charge in [0, 0.05) is 29.4 Å². The highest BCUT2D eigenvalue weighted by Gasteiger charge is 2.36. The van der Waals surface area contributed by atoms with Gasteiger partial charge in [-0.1, -0.05) is 29.8 Å². The number of nitrogens with one attached hydrogen (secondary N) is 1. The van der Waals surface area contributed by atoms with Crippen LogP contribution in [0.5, 0.6) is 0 Å². The molecule has 0 radical (unpaired) electrons. The minimum Gasteiger partial charge on any atom is -0.326 e. The van der Waals surface area contributed by atoms with E-state index < -0.39 is 5.92 Å². The van der Waals surface area contributed by atoms with Crippen molar-refractivity contribution in [3.8, 4) is 6.07 Å². The van der Waals surface area contributed by atoms with Crippen molar-refractivity contribution in [2.75, 3.05) is 16.8 Å². The second kappa shape index (κ2) is 7.19. The molecule has 0 aromatic heterocycles. The molecule has 6 heteroatoms. The van der Waals surface area contributed by atoms with Gasteiger partial charge in [-0.3, -0.25) is 9.59 Å². The fourth-order valence-electron chi connectivity index (χ4n) is 3.30. The molecule has 1 atom stereocenters. The molecule has 1 saturated heterocycles. The summed E-state index contributed by atoms with van der Waals surface area (Å²) in [6.07, 6.45) is 0.158. The number of anilines is 2. The summed E-state index contributed by atoms with van der Waals surface area (Å²) in [6.45, 7) is 4.25. The zero-order valence-electron chi connectivity index (χ0n) is 14.5. The summed E-state index contributed by atoms with van der Waals surface area (Å²) in [5, 5.41) is 12.1. The van der Waals surface area contributed by atoms with Crippen LogP contribution in [-0.4, -0.2) is 18.4 Å². The Morgan fingerprint density at radius 1 is 1.27 bits per heavy atom. The van der Waals surface area contributed by atoms with Gasteiger partial charge in [-0.15, -0.1) is 0 Å². The van der Waals surface area contributed by atoms with Crippen molar-refractivity contribution >= 4 is 34.8 Å². The zero-order valence-corrected chi connectivity index (χ0v) is 15.3. The molecule has 0 aliphatic carbocycles. The Bertz CT molecular complexity index is 913. The standard InChI is InChI=1S/C20H18ClN3O2/c1-12-4-3-5-13(2)19(12)24-11-15(8-18(24)25)20(26)23-17-7-14(10-22)6-16(21)9-17/h3-7,9,15H,8,11H2,1-2H3,(H,23,26). The highest BCUT2D eigenvalue weighted by atomic mass is 35.5. The number of nitriles is 1. The first-order valence-electron chi connectivity index (χ1n) is 8.27. The molecule has 1 N–H and O–H groups in total. The van der Waals surface area contributed by atoms with Gasteiger partial charge >= 0.3 is 0 Å². The quantitative estimate of drug-likeness (QED) is 0.896. The van der Waals surface area contributed by atoms with E-state index in [1.165, 1.54) is 6.07 Å². The summed E-state index contributed by atoms with van der Waals surface area (Å²) in [7, 11) is 0. The van der Waals surface area contributed by atoms with Crippen LogP contribution in [0.4, 0.5) is 11.4 Å². The van der Waals surface area contributed by atoms with Gasteiger partial charge in [0.05, 0.1) is 17.6 Å². The van der Waals surface area contributed by atoms with Crippen LogP contribution in [0.15, 0.2) is 36.4 Å². The van der Waals surface area contributed by atoms with Crippen LogP contribution in [-0.2, 0) is 9.59 Å². The van der Waals surface area contributed by atoms with Gasteiger partial charge < -0.3 is 10.2 Å². The van der Waals surface area contributed by atoms with Gasteiger partial charge in [0.25, 0.3) is 0 Å². The number of amides is 2. The number of carbonyl (C=O) groups is 2. The first kappa shape index (κ1) is 18.0. The van der Waals surface area contributed by atoms with Crippen molar-refractivity contribution in [2.45, 2.75) is 20.3 Å². The molecule has 2 aromatic carbocycles. The molecule has 1 aliphatic rings. The van der Waals surface area contributed by atoms with Crippen LogP contribution in [0, 0.1) is 31.1 Å². The minimum atomic E-state index is -0.453. The number of carbonyl (C=O) groups excluding carboxylic acids is 2. The lowest BCUT2D eigenvalue weighted by Crippen LogP contribution is -2.29. The molecule has 2 aromatic rings. The van der Waals surface area contributed by atoms with Crippen LogP contribution in [0.1, 0.15) is 23.1 Å². The summed E-state index contributed by atoms with van der Waals surface area (Å²) in [5.74, 6) is -0.768. The van der Waals surface area contributed by atoms with Crippen LogP contribution in [0.3, 0.4) is 0 Å². The Kier molecular flexibility index (Phi) is 4.97. The Hall–Kier alpha value is -2.84.